The molecule has 5 nitrogen and oxygen atoms in total. The number of halogens is 2. The molecule has 0 atom stereocenters. The van der Waals surface area contributed by atoms with E-state index in [0.717, 1.165) is 25.6 Å². The average Bonchev–Trinajstić information content (AvgIpc) is 2.74. The van der Waals surface area contributed by atoms with Gasteiger partial charge in [-0.3, -0.25) is 4.79 Å². The van der Waals surface area contributed by atoms with Crippen LogP contribution in [0.25, 0.3) is 0 Å². The lowest BCUT2D eigenvalue weighted by Gasteiger charge is -2.13. The lowest BCUT2D eigenvalue weighted by Crippen LogP contribution is -2.18. The highest BCUT2D eigenvalue weighted by molar-refractivity contribution is 9.10. The number of benzene rings is 3. The topological polar surface area (TPSA) is 59.9 Å². The molecule has 0 bridgehead atoms. The normalized spacial score (nSPS) is 10.8. The smallest absolute Gasteiger partial charge is 0.271 e. The standard InChI is InChI=1S/C23H20Br2N2O3/c1-15-5-3-4-6-19(15)23(28)27-26-13-17-11-20(25)22(21(12-17)29-2)30-14-16-7-9-18(24)10-8-16/h3-13H,14H2,1-2H3,(H,27,28)/b26-13+. The van der Waals surface area contributed by atoms with Crippen LogP contribution in [0.5, 0.6) is 11.5 Å². The van der Waals surface area contributed by atoms with Crippen molar-refractivity contribution in [2.75, 3.05) is 7.11 Å². The summed E-state index contributed by atoms with van der Waals surface area (Å²) in [7, 11) is 1.58. The number of hydrogen-bond donors (Lipinski definition) is 1. The van der Waals surface area contributed by atoms with Gasteiger partial charge in [-0.2, -0.15) is 5.10 Å². The highest BCUT2D eigenvalue weighted by atomic mass is 79.9. The molecule has 0 radical (unpaired) electrons. The number of carbonyl (C=O) groups is 1. The summed E-state index contributed by atoms with van der Waals surface area (Å²) in [6.07, 6.45) is 1.56. The lowest BCUT2D eigenvalue weighted by molar-refractivity contribution is 0.0954. The third-order valence-electron chi connectivity index (χ3n) is 4.32. The van der Waals surface area contributed by atoms with Crippen molar-refractivity contribution < 1.29 is 14.3 Å². The molecule has 0 aromatic heterocycles. The maximum absolute atomic E-state index is 12.3. The van der Waals surface area contributed by atoms with E-state index in [1.165, 1.54) is 0 Å². The second-order valence-corrected chi connectivity index (χ2v) is 8.23. The number of rotatable bonds is 7. The van der Waals surface area contributed by atoms with E-state index < -0.39 is 0 Å². The Morgan fingerprint density at radius 3 is 2.53 bits per heavy atom. The van der Waals surface area contributed by atoms with Crippen LogP contribution in [-0.4, -0.2) is 19.2 Å². The second kappa shape index (κ2) is 10.4. The van der Waals surface area contributed by atoms with Crippen LogP contribution in [0.3, 0.4) is 0 Å². The maximum atomic E-state index is 12.3. The Kier molecular flexibility index (Phi) is 7.65. The van der Waals surface area contributed by atoms with Gasteiger partial charge in [0.25, 0.3) is 5.91 Å². The van der Waals surface area contributed by atoms with E-state index in [-0.39, 0.29) is 5.91 Å². The largest absolute Gasteiger partial charge is 0.493 e. The van der Waals surface area contributed by atoms with Crippen LogP contribution in [0, 0.1) is 6.92 Å². The predicted octanol–water partition coefficient (Wildman–Crippen LogP) is 5.87. The quantitative estimate of drug-likeness (QED) is 0.306. The first-order chi connectivity index (χ1) is 14.5. The van der Waals surface area contributed by atoms with E-state index in [9.17, 15) is 4.79 Å². The lowest BCUT2D eigenvalue weighted by atomic mass is 10.1. The van der Waals surface area contributed by atoms with E-state index in [0.29, 0.717) is 23.7 Å². The summed E-state index contributed by atoms with van der Waals surface area (Å²) in [4.78, 5) is 12.3. The number of aryl methyl sites for hydroxylation is 1. The van der Waals surface area contributed by atoms with Crippen molar-refractivity contribution in [2.24, 2.45) is 5.10 Å². The van der Waals surface area contributed by atoms with Gasteiger partial charge in [0.15, 0.2) is 11.5 Å². The van der Waals surface area contributed by atoms with Crippen molar-refractivity contribution in [1.82, 2.24) is 5.43 Å². The molecule has 154 valence electrons. The molecule has 3 aromatic carbocycles. The van der Waals surface area contributed by atoms with Gasteiger partial charge in [-0.15, -0.1) is 0 Å². The number of hydrazone groups is 1. The fraction of sp³-hybridized carbons (Fsp3) is 0.130. The zero-order valence-electron chi connectivity index (χ0n) is 16.5. The molecule has 3 rings (SSSR count). The molecule has 0 aliphatic heterocycles. The van der Waals surface area contributed by atoms with Crippen molar-refractivity contribution in [3.8, 4) is 11.5 Å². The van der Waals surface area contributed by atoms with E-state index in [1.54, 1.807) is 25.5 Å². The molecule has 30 heavy (non-hydrogen) atoms. The summed E-state index contributed by atoms with van der Waals surface area (Å²) in [5.74, 6) is 0.902. The van der Waals surface area contributed by atoms with Crippen molar-refractivity contribution in [2.45, 2.75) is 13.5 Å². The molecule has 7 heteroatoms. The van der Waals surface area contributed by atoms with Gasteiger partial charge in [0.1, 0.15) is 6.61 Å². The minimum absolute atomic E-state index is 0.259. The molecular formula is C23H20Br2N2O3. The van der Waals surface area contributed by atoms with Gasteiger partial charge < -0.3 is 9.47 Å². The second-order valence-electron chi connectivity index (χ2n) is 6.46. The van der Waals surface area contributed by atoms with Crippen molar-refractivity contribution in [1.29, 1.82) is 0 Å². The number of methoxy groups -OCH3 is 1. The van der Waals surface area contributed by atoms with E-state index in [2.05, 4.69) is 42.4 Å². The molecule has 0 unspecified atom stereocenters. The zero-order chi connectivity index (χ0) is 21.5. The molecule has 0 saturated carbocycles. The maximum Gasteiger partial charge on any atom is 0.271 e. The Morgan fingerprint density at radius 1 is 1.10 bits per heavy atom. The highest BCUT2D eigenvalue weighted by Gasteiger charge is 2.12. The number of nitrogens with one attached hydrogen (secondary N) is 1. The molecule has 3 aromatic rings. The third kappa shape index (κ3) is 5.70. The Hall–Kier alpha value is -2.64. The van der Waals surface area contributed by atoms with Gasteiger partial charge in [-0.05, 0) is 69.9 Å². The molecular weight excluding hydrogens is 512 g/mol. The molecule has 0 saturated heterocycles. The van der Waals surface area contributed by atoms with Gasteiger partial charge >= 0.3 is 0 Å². The van der Waals surface area contributed by atoms with Gasteiger partial charge in [0, 0.05) is 10.0 Å². The van der Waals surface area contributed by atoms with Crippen molar-refractivity contribution in [3.63, 3.8) is 0 Å². The fourth-order valence-corrected chi connectivity index (χ4v) is 3.58. The zero-order valence-corrected chi connectivity index (χ0v) is 19.7. The summed E-state index contributed by atoms with van der Waals surface area (Å²) < 4.78 is 13.2. The minimum Gasteiger partial charge on any atom is -0.493 e. The summed E-state index contributed by atoms with van der Waals surface area (Å²) in [6.45, 7) is 2.29. The number of hydrogen-bond acceptors (Lipinski definition) is 4. The van der Waals surface area contributed by atoms with Crippen LogP contribution >= 0.6 is 31.9 Å². The minimum atomic E-state index is -0.259. The SMILES string of the molecule is COc1cc(/C=N/NC(=O)c2ccccc2C)cc(Br)c1OCc1ccc(Br)cc1. The van der Waals surface area contributed by atoms with Gasteiger partial charge in [-0.25, -0.2) is 5.43 Å². The molecule has 0 aliphatic rings. The molecule has 1 N–H and O–H groups in total. The Labute approximate surface area is 192 Å². The first-order valence-corrected chi connectivity index (χ1v) is 10.7. The van der Waals surface area contributed by atoms with Crippen LogP contribution in [0.2, 0.25) is 0 Å². The highest BCUT2D eigenvalue weighted by Crippen LogP contribution is 2.36. The van der Waals surface area contributed by atoms with Crippen LogP contribution in [0.4, 0.5) is 0 Å². The van der Waals surface area contributed by atoms with E-state index >= 15 is 0 Å². The molecule has 0 aliphatic carbocycles. The predicted molar refractivity (Wildman–Crippen MR) is 125 cm³/mol. The Bertz CT molecular complexity index is 1070. The monoisotopic (exact) mass is 530 g/mol. The van der Waals surface area contributed by atoms with Crippen LogP contribution in [0.15, 0.2) is 74.7 Å². The van der Waals surface area contributed by atoms with E-state index in [4.69, 9.17) is 9.47 Å². The summed E-state index contributed by atoms with van der Waals surface area (Å²) in [5, 5.41) is 4.06. The first kappa shape index (κ1) is 22.1. The average molecular weight is 532 g/mol. The van der Waals surface area contributed by atoms with Crippen LogP contribution in [-0.2, 0) is 6.61 Å². The Morgan fingerprint density at radius 2 is 1.83 bits per heavy atom. The van der Waals surface area contributed by atoms with Gasteiger partial charge in [0.2, 0.25) is 0 Å². The summed E-state index contributed by atoms with van der Waals surface area (Å²) in [6, 6.07) is 18.9. The fourth-order valence-electron chi connectivity index (χ4n) is 2.74. The van der Waals surface area contributed by atoms with E-state index in [1.807, 2.05) is 55.5 Å². The summed E-state index contributed by atoms with van der Waals surface area (Å²) in [5.41, 5.74) is 5.82. The Balaban J connectivity index is 1.70. The van der Waals surface area contributed by atoms with Gasteiger partial charge in [0.05, 0.1) is 17.8 Å². The number of amides is 1. The molecule has 0 fully saturated rings. The number of ether oxygens (including phenoxy) is 2. The van der Waals surface area contributed by atoms with Crippen LogP contribution in [0.1, 0.15) is 27.0 Å². The van der Waals surface area contributed by atoms with Crippen molar-refractivity contribution in [3.05, 3.63) is 91.9 Å². The van der Waals surface area contributed by atoms with Gasteiger partial charge in [-0.1, -0.05) is 46.3 Å². The molecule has 0 spiro atoms. The summed E-state index contributed by atoms with van der Waals surface area (Å²) >= 11 is 6.95. The first-order valence-electron chi connectivity index (χ1n) is 9.11. The molecule has 0 heterocycles. The number of carbonyl (C=O) groups excluding carboxylic acids is 1. The number of nitrogens with zero attached hydrogens (tertiary/aromatic N) is 1. The third-order valence-corrected chi connectivity index (χ3v) is 5.44. The van der Waals surface area contributed by atoms with Crippen molar-refractivity contribution >= 4 is 44.0 Å². The van der Waals surface area contributed by atoms with Crippen LogP contribution < -0.4 is 14.9 Å². The molecule has 1 amide bonds.